The number of alkyl halides is 1. The molecule has 1 unspecified atom stereocenters. The Morgan fingerprint density at radius 3 is 2.83 bits per heavy atom. The van der Waals surface area contributed by atoms with Crippen LogP contribution in [0, 0.1) is 5.92 Å². The van der Waals surface area contributed by atoms with Gasteiger partial charge in [-0.1, -0.05) is 23.7 Å². The molecule has 1 N–H and O–H groups in total. The molecule has 1 aromatic rings. The van der Waals surface area contributed by atoms with Gasteiger partial charge in [0.1, 0.15) is 5.67 Å². The van der Waals surface area contributed by atoms with Gasteiger partial charge in [-0.25, -0.2) is 4.39 Å². The first-order valence-corrected chi connectivity index (χ1v) is 7.04. The average molecular weight is 270 g/mol. The Morgan fingerprint density at radius 2 is 2.22 bits per heavy atom. The SMILES string of the molecule is CC(C)(F)c1c(Cl)cccc1CC1CCCNC1. The maximum Gasteiger partial charge on any atom is 0.132 e. The van der Waals surface area contributed by atoms with Gasteiger partial charge in [0, 0.05) is 10.6 Å². The maximum atomic E-state index is 14.3. The van der Waals surface area contributed by atoms with Crippen LogP contribution in [0.3, 0.4) is 0 Å². The number of rotatable bonds is 3. The fourth-order valence-electron chi connectivity index (χ4n) is 2.81. The van der Waals surface area contributed by atoms with Gasteiger partial charge >= 0.3 is 0 Å². The normalized spacial score (nSPS) is 21.0. The van der Waals surface area contributed by atoms with E-state index in [2.05, 4.69) is 5.32 Å². The number of benzene rings is 1. The molecule has 0 radical (unpaired) electrons. The molecule has 18 heavy (non-hydrogen) atoms. The third-order valence-electron chi connectivity index (χ3n) is 3.60. The summed E-state index contributed by atoms with van der Waals surface area (Å²) < 4.78 is 14.3. The third kappa shape index (κ3) is 3.24. The van der Waals surface area contributed by atoms with E-state index >= 15 is 0 Å². The first-order chi connectivity index (χ1) is 8.48. The highest BCUT2D eigenvalue weighted by Gasteiger charge is 2.26. The molecule has 2 rings (SSSR count). The Bertz CT molecular complexity index is 405. The highest BCUT2D eigenvalue weighted by molar-refractivity contribution is 6.31. The second-order valence-electron chi connectivity index (χ2n) is 5.66. The molecule has 1 nitrogen and oxygen atoms in total. The van der Waals surface area contributed by atoms with Crippen LogP contribution in [0.2, 0.25) is 5.02 Å². The first-order valence-electron chi connectivity index (χ1n) is 6.66. The zero-order valence-electron chi connectivity index (χ0n) is 11.1. The summed E-state index contributed by atoms with van der Waals surface area (Å²) in [7, 11) is 0. The fourth-order valence-corrected chi connectivity index (χ4v) is 3.23. The quantitative estimate of drug-likeness (QED) is 0.872. The molecule has 0 saturated carbocycles. The molecule has 1 atom stereocenters. The summed E-state index contributed by atoms with van der Waals surface area (Å²) in [6.07, 6.45) is 3.33. The molecule has 100 valence electrons. The Hall–Kier alpha value is -0.600. The average Bonchev–Trinajstić information content (AvgIpc) is 2.28. The van der Waals surface area contributed by atoms with Crippen molar-refractivity contribution in [2.75, 3.05) is 13.1 Å². The number of piperidine rings is 1. The van der Waals surface area contributed by atoms with Crippen LogP contribution in [0.5, 0.6) is 0 Å². The number of hydrogen-bond acceptors (Lipinski definition) is 1. The number of halogens is 2. The van der Waals surface area contributed by atoms with Crippen LogP contribution in [-0.2, 0) is 12.1 Å². The molecule has 0 aliphatic carbocycles. The summed E-state index contributed by atoms with van der Waals surface area (Å²) in [6.45, 7) is 5.29. The first kappa shape index (κ1) is 13.8. The van der Waals surface area contributed by atoms with Crippen LogP contribution >= 0.6 is 11.6 Å². The molecular formula is C15H21ClFN. The minimum atomic E-state index is -1.38. The van der Waals surface area contributed by atoms with Crippen molar-refractivity contribution in [1.82, 2.24) is 5.32 Å². The molecule has 0 amide bonds. The van der Waals surface area contributed by atoms with E-state index in [-0.39, 0.29) is 0 Å². The molecule has 1 saturated heterocycles. The van der Waals surface area contributed by atoms with Gasteiger partial charge in [-0.15, -0.1) is 0 Å². The van der Waals surface area contributed by atoms with Gasteiger partial charge in [0.25, 0.3) is 0 Å². The molecule has 1 aliphatic rings. The minimum absolute atomic E-state index is 0.545. The second kappa shape index (κ2) is 5.58. The van der Waals surface area contributed by atoms with E-state index in [0.29, 0.717) is 16.5 Å². The molecule has 0 aromatic heterocycles. The lowest BCUT2D eigenvalue weighted by Crippen LogP contribution is -2.31. The Kier molecular flexibility index (Phi) is 4.29. The lowest BCUT2D eigenvalue weighted by molar-refractivity contribution is 0.219. The molecule has 0 bridgehead atoms. The molecule has 1 fully saturated rings. The van der Waals surface area contributed by atoms with Crippen LogP contribution in [0.1, 0.15) is 37.8 Å². The Balaban J connectivity index is 2.24. The maximum absolute atomic E-state index is 14.3. The van der Waals surface area contributed by atoms with Gasteiger partial charge in [-0.3, -0.25) is 0 Å². The van der Waals surface area contributed by atoms with Crippen LogP contribution in [0.25, 0.3) is 0 Å². The van der Waals surface area contributed by atoms with E-state index in [4.69, 9.17) is 11.6 Å². The van der Waals surface area contributed by atoms with Crippen molar-refractivity contribution < 1.29 is 4.39 Å². The van der Waals surface area contributed by atoms with Crippen molar-refractivity contribution in [3.63, 3.8) is 0 Å². The molecule has 1 aromatic carbocycles. The van der Waals surface area contributed by atoms with E-state index in [1.54, 1.807) is 19.9 Å². The summed E-state index contributed by atoms with van der Waals surface area (Å²) in [5.41, 5.74) is 0.344. The van der Waals surface area contributed by atoms with Gasteiger partial charge in [-0.2, -0.15) is 0 Å². The van der Waals surface area contributed by atoms with E-state index in [0.717, 1.165) is 25.1 Å². The van der Waals surface area contributed by atoms with Gasteiger partial charge in [-0.05, 0) is 63.7 Å². The van der Waals surface area contributed by atoms with E-state index in [1.165, 1.54) is 12.8 Å². The molecular weight excluding hydrogens is 249 g/mol. The van der Waals surface area contributed by atoms with Crippen molar-refractivity contribution in [1.29, 1.82) is 0 Å². The standard InChI is InChI=1S/C15H21ClFN/c1-15(2,17)14-12(6-3-7-13(14)16)9-11-5-4-8-18-10-11/h3,6-7,11,18H,4-5,8-10H2,1-2H3. The van der Waals surface area contributed by atoms with E-state index in [9.17, 15) is 4.39 Å². The van der Waals surface area contributed by atoms with Crippen molar-refractivity contribution in [2.45, 2.75) is 38.8 Å². The van der Waals surface area contributed by atoms with Crippen LogP contribution in [0.4, 0.5) is 4.39 Å². The summed E-state index contributed by atoms with van der Waals surface area (Å²) in [4.78, 5) is 0. The number of hydrogen-bond donors (Lipinski definition) is 1. The van der Waals surface area contributed by atoms with Crippen molar-refractivity contribution in [3.05, 3.63) is 34.3 Å². The van der Waals surface area contributed by atoms with E-state index in [1.807, 2.05) is 12.1 Å². The van der Waals surface area contributed by atoms with Crippen LogP contribution in [0.15, 0.2) is 18.2 Å². The number of nitrogens with one attached hydrogen (secondary N) is 1. The highest BCUT2D eigenvalue weighted by Crippen LogP contribution is 2.35. The summed E-state index contributed by atoms with van der Waals surface area (Å²) in [5, 5.41) is 3.95. The predicted molar refractivity (Wildman–Crippen MR) is 74.9 cm³/mol. The van der Waals surface area contributed by atoms with Gasteiger partial charge in [0.05, 0.1) is 0 Å². The monoisotopic (exact) mass is 269 g/mol. The smallest absolute Gasteiger partial charge is 0.132 e. The lowest BCUT2D eigenvalue weighted by atomic mass is 9.86. The zero-order chi connectivity index (χ0) is 13.2. The summed E-state index contributed by atoms with van der Waals surface area (Å²) >= 11 is 6.18. The highest BCUT2D eigenvalue weighted by atomic mass is 35.5. The topological polar surface area (TPSA) is 12.0 Å². The molecule has 1 heterocycles. The summed E-state index contributed by atoms with van der Waals surface area (Å²) in [5.74, 6) is 0.596. The molecule has 3 heteroatoms. The second-order valence-corrected chi connectivity index (χ2v) is 6.07. The Labute approximate surface area is 114 Å². The van der Waals surface area contributed by atoms with Crippen molar-refractivity contribution >= 4 is 11.6 Å². The Morgan fingerprint density at radius 1 is 1.44 bits per heavy atom. The van der Waals surface area contributed by atoms with Crippen molar-refractivity contribution in [2.24, 2.45) is 5.92 Å². The predicted octanol–water partition coefficient (Wildman–Crippen LogP) is 4.09. The van der Waals surface area contributed by atoms with E-state index < -0.39 is 5.67 Å². The molecule has 0 spiro atoms. The van der Waals surface area contributed by atoms with Gasteiger partial charge < -0.3 is 5.32 Å². The minimum Gasteiger partial charge on any atom is -0.316 e. The largest absolute Gasteiger partial charge is 0.316 e. The fraction of sp³-hybridized carbons (Fsp3) is 0.600. The third-order valence-corrected chi connectivity index (χ3v) is 3.92. The zero-order valence-corrected chi connectivity index (χ0v) is 11.9. The van der Waals surface area contributed by atoms with Crippen LogP contribution in [-0.4, -0.2) is 13.1 Å². The molecule has 1 aliphatic heterocycles. The van der Waals surface area contributed by atoms with Gasteiger partial charge in [0.2, 0.25) is 0 Å². The van der Waals surface area contributed by atoms with Gasteiger partial charge in [0.15, 0.2) is 0 Å². The van der Waals surface area contributed by atoms with Crippen LogP contribution < -0.4 is 5.32 Å². The van der Waals surface area contributed by atoms with Crippen molar-refractivity contribution in [3.8, 4) is 0 Å². The lowest BCUT2D eigenvalue weighted by Gasteiger charge is -2.26. The summed E-state index contributed by atoms with van der Waals surface area (Å²) in [6, 6.07) is 5.71.